The minimum atomic E-state index is -0.744. The summed E-state index contributed by atoms with van der Waals surface area (Å²) in [5, 5.41) is 13.4. The molecule has 1 heterocycles. The number of benzene rings is 2. The molecule has 21 heavy (non-hydrogen) atoms. The first kappa shape index (κ1) is 13.0. The Bertz CT molecular complexity index is 797. The quantitative estimate of drug-likeness (QED) is 0.708. The lowest BCUT2D eigenvalue weighted by Crippen LogP contribution is -1.87. The van der Waals surface area contributed by atoms with Crippen molar-refractivity contribution in [3.8, 4) is 28.6 Å². The van der Waals surface area contributed by atoms with Crippen molar-refractivity contribution in [3.05, 3.63) is 48.0 Å². The van der Waals surface area contributed by atoms with Crippen LogP contribution < -0.4 is 5.73 Å². The minimum Gasteiger partial charge on any atom is -0.507 e. The van der Waals surface area contributed by atoms with Gasteiger partial charge in [-0.05, 0) is 24.3 Å². The van der Waals surface area contributed by atoms with Crippen LogP contribution in [0, 0.1) is 11.6 Å². The van der Waals surface area contributed by atoms with Crippen molar-refractivity contribution in [3.63, 3.8) is 0 Å². The van der Waals surface area contributed by atoms with Gasteiger partial charge in [0.25, 0.3) is 5.89 Å². The highest BCUT2D eigenvalue weighted by Crippen LogP contribution is 2.31. The first-order valence-electron chi connectivity index (χ1n) is 5.92. The molecular formula is C14H9F2N3O2. The summed E-state index contributed by atoms with van der Waals surface area (Å²) in [6.07, 6.45) is 0. The fraction of sp³-hybridized carbons (Fsp3) is 0. The molecule has 3 N–H and O–H groups in total. The normalized spacial score (nSPS) is 10.8. The van der Waals surface area contributed by atoms with Gasteiger partial charge in [0, 0.05) is 23.4 Å². The third-order valence-electron chi connectivity index (χ3n) is 2.80. The van der Waals surface area contributed by atoms with Gasteiger partial charge in [0.2, 0.25) is 5.82 Å². The smallest absolute Gasteiger partial charge is 0.262 e. The minimum absolute atomic E-state index is 0.0135. The molecule has 0 aliphatic rings. The van der Waals surface area contributed by atoms with E-state index in [1.54, 1.807) is 6.07 Å². The van der Waals surface area contributed by atoms with Crippen molar-refractivity contribution >= 4 is 5.69 Å². The third kappa shape index (κ3) is 2.53. The first-order valence-corrected chi connectivity index (χ1v) is 5.92. The van der Waals surface area contributed by atoms with Crippen molar-refractivity contribution in [1.82, 2.24) is 10.1 Å². The highest BCUT2D eigenvalue weighted by Gasteiger charge is 2.15. The molecule has 106 valence electrons. The Kier molecular flexibility index (Phi) is 3.02. The van der Waals surface area contributed by atoms with Crippen LogP contribution >= 0.6 is 0 Å². The monoisotopic (exact) mass is 289 g/mol. The van der Waals surface area contributed by atoms with Crippen LogP contribution in [0.4, 0.5) is 14.5 Å². The number of anilines is 1. The lowest BCUT2D eigenvalue weighted by molar-refractivity contribution is 0.426. The Hall–Kier alpha value is -2.96. The summed E-state index contributed by atoms with van der Waals surface area (Å²) in [4.78, 5) is 4.01. The van der Waals surface area contributed by atoms with E-state index >= 15 is 0 Å². The molecular weight excluding hydrogens is 280 g/mol. The Labute approximate surface area is 117 Å². The zero-order valence-corrected chi connectivity index (χ0v) is 10.5. The number of rotatable bonds is 2. The van der Waals surface area contributed by atoms with Crippen LogP contribution in [0.1, 0.15) is 0 Å². The maximum atomic E-state index is 13.2. The number of nitrogen functional groups attached to an aromatic ring is 1. The topological polar surface area (TPSA) is 85.2 Å². The number of hydrogen-bond acceptors (Lipinski definition) is 5. The second-order valence-electron chi connectivity index (χ2n) is 4.36. The van der Waals surface area contributed by atoms with E-state index in [4.69, 9.17) is 10.3 Å². The number of phenols is 1. The zero-order valence-electron chi connectivity index (χ0n) is 10.5. The van der Waals surface area contributed by atoms with Crippen molar-refractivity contribution in [1.29, 1.82) is 0 Å². The molecule has 0 unspecified atom stereocenters. The zero-order chi connectivity index (χ0) is 15.0. The molecule has 1 aromatic heterocycles. The van der Waals surface area contributed by atoms with Gasteiger partial charge in [0.1, 0.15) is 17.4 Å². The predicted molar refractivity (Wildman–Crippen MR) is 71.2 cm³/mol. The van der Waals surface area contributed by atoms with Gasteiger partial charge in [-0.15, -0.1) is 0 Å². The summed E-state index contributed by atoms with van der Waals surface area (Å²) in [5.41, 5.74) is 6.32. The molecule has 0 atom stereocenters. The molecule has 0 fully saturated rings. The van der Waals surface area contributed by atoms with Crippen molar-refractivity contribution in [2.24, 2.45) is 0 Å². The van der Waals surface area contributed by atoms with E-state index in [9.17, 15) is 13.9 Å². The molecule has 0 bridgehead atoms. The molecule has 0 aliphatic carbocycles. The van der Waals surface area contributed by atoms with E-state index in [0.29, 0.717) is 5.69 Å². The lowest BCUT2D eigenvalue weighted by atomic mass is 10.1. The molecule has 0 saturated heterocycles. The summed E-state index contributed by atoms with van der Waals surface area (Å²) in [6.45, 7) is 0. The molecule has 0 aliphatic heterocycles. The largest absolute Gasteiger partial charge is 0.507 e. The second-order valence-corrected chi connectivity index (χ2v) is 4.36. The molecule has 7 heteroatoms. The van der Waals surface area contributed by atoms with Gasteiger partial charge in [-0.25, -0.2) is 8.78 Å². The van der Waals surface area contributed by atoms with E-state index in [0.717, 1.165) is 18.2 Å². The average molecular weight is 289 g/mol. The second kappa shape index (κ2) is 4.86. The standard InChI is InChI=1S/C14H9F2N3O2/c15-8-3-7(4-9(16)5-8)13-18-14(21-19-13)11-2-1-10(17)6-12(11)20/h1-6,20H,17H2. The van der Waals surface area contributed by atoms with Gasteiger partial charge in [0.05, 0.1) is 5.56 Å². The summed E-state index contributed by atoms with van der Waals surface area (Å²) in [6, 6.07) is 7.31. The van der Waals surface area contributed by atoms with Gasteiger partial charge in [-0.1, -0.05) is 5.16 Å². The Morgan fingerprint density at radius 2 is 1.76 bits per heavy atom. The van der Waals surface area contributed by atoms with Crippen LogP contribution in [-0.2, 0) is 0 Å². The number of nitrogens with two attached hydrogens (primary N) is 1. The van der Waals surface area contributed by atoms with Crippen LogP contribution in [0.2, 0.25) is 0 Å². The van der Waals surface area contributed by atoms with E-state index in [1.807, 2.05) is 0 Å². The molecule has 0 saturated carbocycles. The molecule has 0 spiro atoms. The Balaban J connectivity index is 2.03. The predicted octanol–water partition coefficient (Wildman–Crippen LogP) is 2.97. The Morgan fingerprint density at radius 3 is 2.43 bits per heavy atom. The van der Waals surface area contributed by atoms with Gasteiger partial charge in [-0.3, -0.25) is 0 Å². The fourth-order valence-electron chi connectivity index (χ4n) is 1.86. The van der Waals surface area contributed by atoms with Crippen molar-refractivity contribution in [2.75, 3.05) is 5.73 Å². The van der Waals surface area contributed by atoms with E-state index in [1.165, 1.54) is 12.1 Å². The number of nitrogens with zero attached hydrogens (tertiary/aromatic N) is 2. The highest BCUT2D eigenvalue weighted by molar-refractivity contribution is 5.67. The van der Waals surface area contributed by atoms with Crippen molar-refractivity contribution in [2.45, 2.75) is 0 Å². The van der Waals surface area contributed by atoms with Gasteiger partial charge >= 0.3 is 0 Å². The fourth-order valence-corrected chi connectivity index (χ4v) is 1.86. The van der Waals surface area contributed by atoms with Gasteiger partial charge < -0.3 is 15.4 Å². The van der Waals surface area contributed by atoms with Crippen LogP contribution in [0.25, 0.3) is 22.8 Å². The SMILES string of the molecule is Nc1ccc(-c2nc(-c3cc(F)cc(F)c3)no2)c(O)c1. The average Bonchev–Trinajstić information content (AvgIpc) is 2.87. The van der Waals surface area contributed by atoms with Gasteiger partial charge in [0.15, 0.2) is 0 Å². The third-order valence-corrected chi connectivity index (χ3v) is 2.80. The van der Waals surface area contributed by atoms with E-state index < -0.39 is 11.6 Å². The number of hydrogen-bond donors (Lipinski definition) is 2. The summed E-state index contributed by atoms with van der Waals surface area (Å²) < 4.78 is 31.3. The summed E-state index contributed by atoms with van der Waals surface area (Å²) in [7, 11) is 0. The summed E-state index contributed by atoms with van der Waals surface area (Å²) >= 11 is 0. The molecule has 0 amide bonds. The van der Waals surface area contributed by atoms with Crippen LogP contribution in [0.3, 0.4) is 0 Å². The molecule has 2 aromatic carbocycles. The Morgan fingerprint density at radius 1 is 1.05 bits per heavy atom. The number of aromatic hydroxyl groups is 1. The van der Waals surface area contributed by atoms with Gasteiger partial charge in [-0.2, -0.15) is 4.98 Å². The van der Waals surface area contributed by atoms with E-state index in [-0.39, 0.29) is 28.6 Å². The number of phenolic OH excluding ortho intramolecular Hbond substituents is 1. The maximum Gasteiger partial charge on any atom is 0.262 e. The summed E-state index contributed by atoms with van der Waals surface area (Å²) in [5.74, 6) is -1.58. The van der Waals surface area contributed by atoms with Crippen LogP contribution in [-0.4, -0.2) is 15.2 Å². The van der Waals surface area contributed by atoms with E-state index in [2.05, 4.69) is 10.1 Å². The lowest BCUT2D eigenvalue weighted by Gasteiger charge is -1.99. The van der Waals surface area contributed by atoms with Crippen LogP contribution in [0.15, 0.2) is 40.9 Å². The van der Waals surface area contributed by atoms with Crippen LogP contribution in [0.5, 0.6) is 5.75 Å². The maximum absolute atomic E-state index is 13.2. The molecule has 3 rings (SSSR count). The highest BCUT2D eigenvalue weighted by atomic mass is 19.1. The molecule has 0 radical (unpaired) electrons. The number of aromatic nitrogens is 2. The van der Waals surface area contributed by atoms with Crippen molar-refractivity contribution < 1.29 is 18.4 Å². The molecule has 5 nitrogen and oxygen atoms in total. The number of halogens is 2. The first-order chi connectivity index (χ1) is 10.0. The molecule has 3 aromatic rings.